The van der Waals surface area contributed by atoms with E-state index in [0.717, 1.165) is 25.1 Å². The number of amides is 2. The molecule has 114 valence electrons. The predicted octanol–water partition coefficient (Wildman–Crippen LogP) is 1.54. The van der Waals surface area contributed by atoms with Gasteiger partial charge in [-0.25, -0.2) is 0 Å². The number of carbonyl (C=O) groups is 2. The van der Waals surface area contributed by atoms with E-state index in [0.29, 0.717) is 18.5 Å². The summed E-state index contributed by atoms with van der Waals surface area (Å²) in [6, 6.07) is 7.10. The van der Waals surface area contributed by atoms with Crippen LogP contribution in [0.4, 0.5) is 5.69 Å². The van der Waals surface area contributed by atoms with Crippen molar-refractivity contribution in [3.05, 3.63) is 29.8 Å². The zero-order chi connectivity index (χ0) is 15.2. The Labute approximate surface area is 125 Å². The molecular weight excluding hydrogens is 266 g/mol. The Morgan fingerprint density at radius 1 is 1.38 bits per heavy atom. The van der Waals surface area contributed by atoms with Crippen molar-refractivity contribution in [2.24, 2.45) is 0 Å². The van der Waals surface area contributed by atoms with Gasteiger partial charge in [-0.05, 0) is 37.1 Å². The van der Waals surface area contributed by atoms with Gasteiger partial charge in [-0.3, -0.25) is 9.59 Å². The maximum Gasteiger partial charge on any atom is 0.251 e. The van der Waals surface area contributed by atoms with Crippen LogP contribution < -0.4 is 15.5 Å². The number of nitrogens with zero attached hydrogens (tertiary/aromatic N) is 1. The van der Waals surface area contributed by atoms with E-state index in [1.807, 2.05) is 19.2 Å². The molecule has 2 rings (SSSR count). The van der Waals surface area contributed by atoms with Crippen molar-refractivity contribution in [3.63, 3.8) is 0 Å². The molecule has 1 aromatic rings. The average Bonchev–Trinajstić information content (AvgIpc) is 2.90. The van der Waals surface area contributed by atoms with Crippen LogP contribution in [0.5, 0.6) is 0 Å². The Morgan fingerprint density at radius 2 is 2.10 bits per heavy atom. The lowest BCUT2D eigenvalue weighted by Crippen LogP contribution is -2.40. The Bertz CT molecular complexity index is 499. The number of hydrogen-bond acceptors (Lipinski definition) is 3. The summed E-state index contributed by atoms with van der Waals surface area (Å²) in [6.07, 6.45) is 2.96. The quantitative estimate of drug-likeness (QED) is 0.835. The molecule has 1 aromatic carbocycles. The highest BCUT2D eigenvalue weighted by atomic mass is 16.2. The van der Waals surface area contributed by atoms with Crippen molar-refractivity contribution >= 4 is 17.5 Å². The van der Waals surface area contributed by atoms with Crippen LogP contribution in [-0.4, -0.2) is 38.0 Å². The molecule has 5 nitrogen and oxygen atoms in total. The summed E-state index contributed by atoms with van der Waals surface area (Å²) in [7, 11) is 2.05. The second-order valence-corrected chi connectivity index (χ2v) is 5.43. The molecule has 1 atom stereocenters. The fraction of sp³-hybridized carbons (Fsp3) is 0.500. The molecule has 2 N–H and O–H groups in total. The van der Waals surface area contributed by atoms with Crippen molar-refractivity contribution in [1.29, 1.82) is 0 Å². The topological polar surface area (TPSA) is 61.4 Å². The summed E-state index contributed by atoms with van der Waals surface area (Å²) in [5.74, 6) is -0.293. The van der Waals surface area contributed by atoms with Gasteiger partial charge in [0, 0.05) is 31.4 Å². The van der Waals surface area contributed by atoms with Gasteiger partial charge >= 0.3 is 0 Å². The lowest BCUT2D eigenvalue weighted by atomic mass is 10.1. The highest BCUT2D eigenvalue weighted by Gasteiger charge is 2.25. The third kappa shape index (κ3) is 3.97. The van der Waals surface area contributed by atoms with Crippen LogP contribution in [0.25, 0.3) is 0 Å². The highest BCUT2D eigenvalue weighted by Crippen LogP contribution is 2.15. The fourth-order valence-corrected chi connectivity index (χ4v) is 2.36. The first-order chi connectivity index (χ1) is 10.1. The maximum atomic E-state index is 12.1. The van der Waals surface area contributed by atoms with Gasteiger partial charge < -0.3 is 15.5 Å². The van der Waals surface area contributed by atoms with Crippen molar-refractivity contribution in [1.82, 2.24) is 10.6 Å². The van der Waals surface area contributed by atoms with E-state index in [1.54, 1.807) is 12.1 Å². The zero-order valence-electron chi connectivity index (χ0n) is 12.7. The Kier molecular flexibility index (Phi) is 5.20. The summed E-state index contributed by atoms with van der Waals surface area (Å²) in [5.41, 5.74) is 1.68. The van der Waals surface area contributed by atoms with Crippen LogP contribution in [0.1, 0.15) is 36.5 Å². The molecule has 2 amide bonds. The first kappa shape index (κ1) is 15.4. The van der Waals surface area contributed by atoms with Gasteiger partial charge in [-0.2, -0.15) is 0 Å². The van der Waals surface area contributed by atoms with Gasteiger partial charge in [-0.1, -0.05) is 13.3 Å². The highest BCUT2D eigenvalue weighted by molar-refractivity contribution is 5.98. The Morgan fingerprint density at radius 3 is 2.67 bits per heavy atom. The van der Waals surface area contributed by atoms with Crippen LogP contribution >= 0.6 is 0 Å². The number of unbranched alkanes of at least 4 members (excludes halogenated alkanes) is 1. The molecule has 5 heteroatoms. The minimum absolute atomic E-state index is 0.0979. The molecule has 0 spiro atoms. The normalized spacial score (nSPS) is 17.4. The van der Waals surface area contributed by atoms with E-state index in [1.165, 1.54) is 0 Å². The van der Waals surface area contributed by atoms with E-state index >= 15 is 0 Å². The van der Waals surface area contributed by atoms with Crippen LogP contribution in [0.3, 0.4) is 0 Å². The van der Waals surface area contributed by atoms with Crippen LogP contribution in [0.15, 0.2) is 24.3 Å². The molecule has 0 aromatic heterocycles. The predicted molar refractivity (Wildman–Crippen MR) is 83.5 cm³/mol. The number of carbonyl (C=O) groups excluding carboxylic acids is 2. The molecule has 0 bridgehead atoms. The summed E-state index contributed by atoms with van der Waals surface area (Å²) in [4.78, 5) is 25.7. The van der Waals surface area contributed by atoms with Crippen molar-refractivity contribution in [2.75, 3.05) is 25.0 Å². The van der Waals surface area contributed by atoms with Crippen LogP contribution in [0, 0.1) is 0 Å². The largest absolute Gasteiger partial charge is 0.375 e. The van der Waals surface area contributed by atoms with Crippen molar-refractivity contribution < 1.29 is 9.59 Å². The number of anilines is 1. The summed E-state index contributed by atoms with van der Waals surface area (Å²) >= 11 is 0. The van der Waals surface area contributed by atoms with Gasteiger partial charge in [0.2, 0.25) is 5.91 Å². The van der Waals surface area contributed by atoms with Crippen LogP contribution in [-0.2, 0) is 4.79 Å². The Balaban J connectivity index is 1.94. The summed E-state index contributed by atoms with van der Waals surface area (Å²) < 4.78 is 0. The Hall–Kier alpha value is -2.04. The molecule has 0 saturated carbocycles. The number of benzene rings is 1. The molecule has 0 aliphatic carbocycles. The van der Waals surface area contributed by atoms with Gasteiger partial charge in [0.15, 0.2) is 0 Å². The van der Waals surface area contributed by atoms with Gasteiger partial charge in [0.25, 0.3) is 5.91 Å². The van der Waals surface area contributed by atoms with E-state index in [9.17, 15) is 9.59 Å². The smallest absolute Gasteiger partial charge is 0.251 e. The number of hydrogen-bond donors (Lipinski definition) is 2. The minimum Gasteiger partial charge on any atom is -0.375 e. The first-order valence-electron chi connectivity index (χ1n) is 7.51. The van der Waals surface area contributed by atoms with E-state index in [4.69, 9.17) is 0 Å². The van der Waals surface area contributed by atoms with Gasteiger partial charge in [0.1, 0.15) is 6.04 Å². The van der Waals surface area contributed by atoms with Crippen molar-refractivity contribution in [3.8, 4) is 0 Å². The fourth-order valence-electron chi connectivity index (χ4n) is 2.36. The summed E-state index contributed by atoms with van der Waals surface area (Å²) in [5, 5.41) is 5.47. The molecular formula is C16H23N3O2. The standard InChI is InChI=1S/C16H23N3O2/c1-3-4-11-19(2)13-7-5-12(6-8-13)15(20)18-14-9-10-17-16(14)21/h5-8,14H,3-4,9-11H2,1-2H3,(H,17,21)(H,18,20). The van der Waals surface area contributed by atoms with Gasteiger partial charge in [-0.15, -0.1) is 0 Å². The van der Waals surface area contributed by atoms with E-state index in [-0.39, 0.29) is 11.8 Å². The average molecular weight is 289 g/mol. The maximum absolute atomic E-state index is 12.1. The zero-order valence-corrected chi connectivity index (χ0v) is 12.7. The molecule has 0 radical (unpaired) electrons. The molecule has 1 unspecified atom stereocenters. The van der Waals surface area contributed by atoms with E-state index in [2.05, 4.69) is 22.5 Å². The molecule has 1 aliphatic heterocycles. The second kappa shape index (κ2) is 7.11. The molecule has 1 heterocycles. The third-order valence-electron chi connectivity index (χ3n) is 3.77. The first-order valence-corrected chi connectivity index (χ1v) is 7.51. The molecule has 1 aliphatic rings. The summed E-state index contributed by atoms with van der Waals surface area (Å²) in [6.45, 7) is 3.80. The molecule has 1 saturated heterocycles. The molecule has 1 fully saturated rings. The van der Waals surface area contributed by atoms with Crippen LogP contribution in [0.2, 0.25) is 0 Å². The SMILES string of the molecule is CCCCN(C)c1ccc(C(=O)NC2CCNC2=O)cc1. The molecule has 21 heavy (non-hydrogen) atoms. The monoisotopic (exact) mass is 289 g/mol. The minimum atomic E-state index is -0.399. The van der Waals surface area contributed by atoms with Gasteiger partial charge in [0.05, 0.1) is 0 Å². The third-order valence-corrected chi connectivity index (χ3v) is 3.77. The second-order valence-electron chi connectivity index (χ2n) is 5.43. The number of nitrogens with one attached hydrogen (secondary N) is 2. The lowest BCUT2D eigenvalue weighted by Gasteiger charge is -2.19. The van der Waals surface area contributed by atoms with Crippen molar-refractivity contribution in [2.45, 2.75) is 32.2 Å². The number of rotatable bonds is 6. The lowest BCUT2D eigenvalue weighted by molar-refractivity contribution is -0.120. The van der Waals surface area contributed by atoms with E-state index < -0.39 is 6.04 Å².